The maximum Gasteiger partial charge on any atom is 0.317 e. The molecule has 2 aliphatic heterocycles. The van der Waals surface area contributed by atoms with Crippen LogP contribution in [-0.2, 0) is 11.2 Å². The number of halogens is 1. The molecule has 0 unspecified atom stereocenters. The average molecular weight is 381 g/mol. The molecule has 0 radical (unpaired) electrons. The first-order chi connectivity index (χ1) is 12.7. The molecule has 2 amide bonds. The van der Waals surface area contributed by atoms with Crippen LogP contribution in [0.2, 0.25) is 5.02 Å². The van der Waals surface area contributed by atoms with Crippen molar-refractivity contribution in [3.05, 3.63) is 34.9 Å². The van der Waals surface area contributed by atoms with Gasteiger partial charge in [-0.1, -0.05) is 23.7 Å². The lowest BCUT2D eigenvalue weighted by molar-refractivity contribution is 0.0309. The average Bonchev–Trinajstić information content (AvgIpc) is 2.67. The molecule has 1 N–H and O–H groups in total. The third kappa shape index (κ3) is 6.13. The number of benzene rings is 1. The molecule has 0 atom stereocenters. The molecule has 1 aromatic rings. The van der Waals surface area contributed by atoms with E-state index in [-0.39, 0.29) is 6.03 Å². The first-order valence-electron chi connectivity index (χ1n) is 9.50. The molecule has 2 saturated heterocycles. The smallest absolute Gasteiger partial charge is 0.317 e. The second kappa shape index (κ2) is 10.1. The predicted molar refractivity (Wildman–Crippen MR) is 104 cm³/mol. The van der Waals surface area contributed by atoms with Crippen molar-refractivity contribution in [2.45, 2.75) is 6.42 Å². The van der Waals surface area contributed by atoms with Gasteiger partial charge in [0.25, 0.3) is 0 Å². The van der Waals surface area contributed by atoms with E-state index in [1.54, 1.807) is 0 Å². The standard InChI is InChI=1S/C19H29ClN4O2/c20-18-3-1-2-17(16-18)4-5-21-19(25)24-10-8-22(9-11-24)6-7-23-12-14-26-15-13-23/h1-3,16H,4-15H2,(H,21,25). The first kappa shape index (κ1) is 19.4. The number of hydrogen-bond donors (Lipinski definition) is 1. The molecule has 6 nitrogen and oxygen atoms in total. The summed E-state index contributed by atoms with van der Waals surface area (Å²) in [6.45, 7) is 10.1. The third-order valence-corrected chi connectivity index (χ3v) is 5.31. The molecule has 2 aliphatic rings. The van der Waals surface area contributed by atoms with E-state index in [4.69, 9.17) is 16.3 Å². The van der Waals surface area contributed by atoms with Crippen LogP contribution >= 0.6 is 11.6 Å². The molecule has 3 rings (SSSR count). The molecule has 0 spiro atoms. The highest BCUT2D eigenvalue weighted by Crippen LogP contribution is 2.11. The van der Waals surface area contributed by atoms with Gasteiger partial charge in [0.1, 0.15) is 0 Å². The molecule has 2 fully saturated rings. The van der Waals surface area contributed by atoms with Crippen molar-refractivity contribution >= 4 is 17.6 Å². The maximum atomic E-state index is 12.3. The monoisotopic (exact) mass is 380 g/mol. The minimum Gasteiger partial charge on any atom is -0.379 e. The second-order valence-corrected chi connectivity index (χ2v) is 7.33. The number of morpholine rings is 1. The molecule has 144 valence electrons. The largest absolute Gasteiger partial charge is 0.379 e. The lowest BCUT2D eigenvalue weighted by atomic mass is 10.1. The van der Waals surface area contributed by atoms with Gasteiger partial charge in [-0.3, -0.25) is 9.80 Å². The summed E-state index contributed by atoms with van der Waals surface area (Å²) in [5.41, 5.74) is 1.14. The Bertz CT molecular complexity index is 572. The van der Waals surface area contributed by atoms with Gasteiger partial charge in [0, 0.05) is 63.9 Å². The maximum absolute atomic E-state index is 12.3. The molecular formula is C19H29ClN4O2. The molecule has 0 saturated carbocycles. The summed E-state index contributed by atoms with van der Waals surface area (Å²) in [5.74, 6) is 0. The summed E-state index contributed by atoms with van der Waals surface area (Å²) in [5, 5.41) is 3.76. The number of nitrogens with zero attached hydrogens (tertiary/aromatic N) is 3. The minimum absolute atomic E-state index is 0.0415. The van der Waals surface area contributed by atoms with Crippen molar-refractivity contribution in [3.8, 4) is 0 Å². The summed E-state index contributed by atoms with van der Waals surface area (Å²) < 4.78 is 5.39. The van der Waals surface area contributed by atoms with E-state index < -0.39 is 0 Å². The van der Waals surface area contributed by atoms with Gasteiger partial charge in [0.2, 0.25) is 0 Å². The Morgan fingerprint density at radius 2 is 1.73 bits per heavy atom. The molecule has 0 aromatic heterocycles. The Labute approximate surface area is 161 Å². The van der Waals surface area contributed by atoms with Crippen LogP contribution in [-0.4, -0.2) is 92.8 Å². The highest BCUT2D eigenvalue weighted by Gasteiger charge is 2.21. The third-order valence-electron chi connectivity index (χ3n) is 5.07. The van der Waals surface area contributed by atoms with E-state index in [1.807, 2.05) is 29.2 Å². The van der Waals surface area contributed by atoms with Crippen LogP contribution in [0.3, 0.4) is 0 Å². The molecule has 7 heteroatoms. The Kier molecular flexibility index (Phi) is 7.55. The van der Waals surface area contributed by atoms with Crippen LogP contribution in [0.15, 0.2) is 24.3 Å². The summed E-state index contributed by atoms with van der Waals surface area (Å²) in [4.78, 5) is 19.1. The highest BCUT2D eigenvalue weighted by molar-refractivity contribution is 6.30. The molecular weight excluding hydrogens is 352 g/mol. The van der Waals surface area contributed by atoms with Crippen LogP contribution in [0.5, 0.6) is 0 Å². The van der Waals surface area contributed by atoms with Gasteiger partial charge in [-0.2, -0.15) is 0 Å². The number of carbonyl (C=O) groups excluding carboxylic acids is 1. The lowest BCUT2D eigenvalue weighted by Crippen LogP contribution is -2.53. The van der Waals surface area contributed by atoms with Crippen molar-refractivity contribution in [2.75, 3.05) is 72.1 Å². The van der Waals surface area contributed by atoms with E-state index in [2.05, 4.69) is 15.1 Å². The predicted octanol–water partition coefficient (Wildman–Crippen LogP) is 1.54. The summed E-state index contributed by atoms with van der Waals surface area (Å²) in [6.07, 6.45) is 0.797. The number of nitrogens with one attached hydrogen (secondary N) is 1. The van der Waals surface area contributed by atoms with Crippen LogP contribution < -0.4 is 5.32 Å². The van der Waals surface area contributed by atoms with Crippen molar-refractivity contribution < 1.29 is 9.53 Å². The molecule has 0 bridgehead atoms. The molecule has 0 aliphatic carbocycles. The summed E-state index contributed by atoms with van der Waals surface area (Å²) in [7, 11) is 0. The Morgan fingerprint density at radius 1 is 1.04 bits per heavy atom. The van der Waals surface area contributed by atoms with Gasteiger partial charge in [0.05, 0.1) is 13.2 Å². The molecule has 26 heavy (non-hydrogen) atoms. The van der Waals surface area contributed by atoms with Crippen molar-refractivity contribution in [1.82, 2.24) is 20.0 Å². The first-order valence-corrected chi connectivity index (χ1v) is 9.88. The van der Waals surface area contributed by atoms with Crippen molar-refractivity contribution in [2.24, 2.45) is 0 Å². The number of amides is 2. The van der Waals surface area contributed by atoms with Crippen LogP contribution in [0.4, 0.5) is 4.79 Å². The summed E-state index contributed by atoms with van der Waals surface area (Å²) >= 11 is 5.99. The van der Waals surface area contributed by atoms with Crippen molar-refractivity contribution in [3.63, 3.8) is 0 Å². The Balaban J connectivity index is 1.30. The highest BCUT2D eigenvalue weighted by atomic mass is 35.5. The van der Waals surface area contributed by atoms with Gasteiger partial charge in [-0.15, -0.1) is 0 Å². The number of hydrogen-bond acceptors (Lipinski definition) is 4. The zero-order chi connectivity index (χ0) is 18.2. The molecule has 2 heterocycles. The van der Waals surface area contributed by atoms with Crippen LogP contribution in [0.1, 0.15) is 5.56 Å². The van der Waals surface area contributed by atoms with Gasteiger partial charge >= 0.3 is 6.03 Å². The minimum atomic E-state index is 0.0415. The number of piperazine rings is 1. The van der Waals surface area contributed by atoms with Gasteiger partial charge in [-0.25, -0.2) is 4.79 Å². The second-order valence-electron chi connectivity index (χ2n) is 6.89. The Morgan fingerprint density at radius 3 is 2.42 bits per heavy atom. The quantitative estimate of drug-likeness (QED) is 0.813. The fraction of sp³-hybridized carbons (Fsp3) is 0.632. The van der Waals surface area contributed by atoms with E-state index in [9.17, 15) is 4.79 Å². The molecule has 1 aromatic carbocycles. The fourth-order valence-electron chi connectivity index (χ4n) is 3.40. The van der Waals surface area contributed by atoms with Gasteiger partial charge in [0.15, 0.2) is 0 Å². The zero-order valence-corrected chi connectivity index (χ0v) is 16.1. The van der Waals surface area contributed by atoms with Gasteiger partial charge < -0.3 is 15.0 Å². The summed E-state index contributed by atoms with van der Waals surface area (Å²) in [6, 6.07) is 7.82. The van der Waals surface area contributed by atoms with E-state index >= 15 is 0 Å². The normalized spacial score (nSPS) is 19.5. The number of rotatable bonds is 6. The van der Waals surface area contributed by atoms with Crippen LogP contribution in [0, 0.1) is 0 Å². The van der Waals surface area contributed by atoms with E-state index in [0.29, 0.717) is 6.54 Å². The number of ether oxygens (including phenoxy) is 1. The van der Waals surface area contributed by atoms with E-state index in [1.165, 1.54) is 0 Å². The van der Waals surface area contributed by atoms with Gasteiger partial charge in [-0.05, 0) is 24.1 Å². The van der Waals surface area contributed by atoms with Crippen LogP contribution in [0.25, 0.3) is 0 Å². The van der Waals surface area contributed by atoms with Crippen molar-refractivity contribution in [1.29, 1.82) is 0 Å². The number of carbonyl (C=O) groups is 1. The van der Waals surface area contributed by atoms with E-state index in [0.717, 1.165) is 82.6 Å². The zero-order valence-electron chi connectivity index (χ0n) is 15.3. The lowest BCUT2D eigenvalue weighted by Gasteiger charge is -2.36. The Hall–Kier alpha value is -1.34. The SMILES string of the molecule is O=C(NCCc1cccc(Cl)c1)N1CCN(CCN2CCOCC2)CC1. The number of urea groups is 1. The fourth-order valence-corrected chi connectivity index (χ4v) is 3.61. The topological polar surface area (TPSA) is 48.1 Å².